The third kappa shape index (κ3) is 4.30. The Balaban J connectivity index is 2.70. The maximum atomic E-state index is 11.6. The first-order valence-corrected chi connectivity index (χ1v) is 6.46. The van der Waals surface area contributed by atoms with E-state index in [0.29, 0.717) is 10.8 Å². The molecule has 1 unspecified atom stereocenters. The summed E-state index contributed by atoms with van der Waals surface area (Å²) in [6.07, 6.45) is -0.209. The highest BCUT2D eigenvalue weighted by molar-refractivity contribution is 14.1. The molecule has 0 bridgehead atoms. The molecular formula is C12H13IO3. The molecule has 0 amide bonds. The molecule has 0 saturated heterocycles. The van der Waals surface area contributed by atoms with Crippen molar-refractivity contribution in [2.75, 3.05) is 4.43 Å². The van der Waals surface area contributed by atoms with E-state index in [2.05, 4.69) is 0 Å². The predicted octanol–water partition coefficient (Wildman–Crippen LogP) is 2.16. The summed E-state index contributed by atoms with van der Waals surface area (Å²) in [5.41, 5.74) is 0.993. The molecule has 0 heterocycles. The molecule has 0 aliphatic rings. The lowest BCUT2D eigenvalue weighted by Gasteiger charge is -2.14. The molecule has 0 radical (unpaired) electrons. The molecule has 1 aromatic rings. The number of carbonyl (C=O) groups excluding carboxylic acids is 2. The molecule has 0 N–H and O–H groups in total. The maximum absolute atomic E-state index is 11.6. The summed E-state index contributed by atoms with van der Waals surface area (Å²) in [5, 5.41) is 0. The minimum absolute atomic E-state index is 0.0559. The number of ketones is 1. The summed E-state index contributed by atoms with van der Waals surface area (Å²) in [7, 11) is 0. The zero-order valence-electron chi connectivity index (χ0n) is 8.98. The van der Waals surface area contributed by atoms with Crippen molar-refractivity contribution in [3.63, 3.8) is 0 Å². The number of esters is 1. The summed E-state index contributed by atoms with van der Waals surface area (Å²) in [4.78, 5) is 22.5. The fourth-order valence-electron chi connectivity index (χ4n) is 1.34. The highest BCUT2D eigenvalue weighted by Crippen LogP contribution is 2.08. The first-order valence-electron chi connectivity index (χ1n) is 4.93. The molecule has 4 heteroatoms. The van der Waals surface area contributed by atoms with Crippen LogP contribution in [0.4, 0.5) is 0 Å². The van der Waals surface area contributed by atoms with Gasteiger partial charge in [0.25, 0.3) is 0 Å². The van der Waals surface area contributed by atoms with Crippen molar-refractivity contribution in [2.24, 2.45) is 0 Å². The molecule has 1 rings (SSSR count). The van der Waals surface area contributed by atoms with Crippen molar-refractivity contribution in [3.05, 3.63) is 35.9 Å². The van der Waals surface area contributed by atoms with E-state index in [-0.39, 0.29) is 5.78 Å². The smallest absolute Gasteiger partial charge is 0.303 e. The number of benzene rings is 1. The monoisotopic (exact) mass is 332 g/mol. The Morgan fingerprint density at radius 1 is 1.31 bits per heavy atom. The van der Waals surface area contributed by atoms with Gasteiger partial charge in [-0.1, -0.05) is 52.9 Å². The quantitative estimate of drug-likeness (QED) is 0.472. The average Bonchev–Trinajstić information content (AvgIpc) is 2.28. The van der Waals surface area contributed by atoms with Crippen LogP contribution in [-0.4, -0.2) is 22.3 Å². The van der Waals surface area contributed by atoms with Crippen LogP contribution in [0.25, 0.3) is 0 Å². The summed E-state index contributed by atoms with van der Waals surface area (Å²) in [5.74, 6) is -0.473. The van der Waals surface area contributed by atoms with Crippen LogP contribution in [-0.2, 0) is 20.7 Å². The van der Waals surface area contributed by atoms with Crippen LogP contribution in [0.2, 0.25) is 0 Å². The number of hydrogen-bond acceptors (Lipinski definition) is 3. The lowest BCUT2D eigenvalue weighted by molar-refractivity contribution is -0.151. The number of Topliss-reactive ketones (excluding diaryl/α,β-unsaturated/α-hetero) is 1. The molecule has 3 nitrogen and oxygen atoms in total. The third-order valence-electron chi connectivity index (χ3n) is 2.06. The van der Waals surface area contributed by atoms with Crippen molar-refractivity contribution in [2.45, 2.75) is 19.4 Å². The van der Waals surface area contributed by atoms with Crippen LogP contribution >= 0.6 is 22.6 Å². The lowest BCUT2D eigenvalue weighted by Crippen LogP contribution is -2.29. The summed E-state index contributed by atoms with van der Waals surface area (Å²) in [6, 6.07) is 9.53. The number of carbonyl (C=O) groups is 2. The fraction of sp³-hybridized carbons (Fsp3) is 0.333. The Morgan fingerprint density at radius 2 is 1.94 bits per heavy atom. The molecule has 16 heavy (non-hydrogen) atoms. The second kappa shape index (κ2) is 6.62. The highest BCUT2D eigenvalue weighted by Gasteiger charge is 2.20. The minimum atomic E-state index is -0.656. The van der Waals surface area contributed by atoms with Crippen molar-refractivity contribution in [3.8, 4) is 0 Å². The lowest BCUT2D eigenvalue weighted by atomic mass is 10.1. The standard InChI is InChI=1S/C12H13IO3/c1-9(14)16-12(11(15)8-13)7-10-5-3-2-4-6-10/h2-6,12H,7-8H2,1H3. The van der Waals surface area contributed by atoms with Crippen LogP contribution in [0.3, 0.4) is 0 Å². The first-order chi connectivity index (χ1) is 7.63. The zero-order chi connectivity index (χ0) is 12.0. The van der Waals surface area contributed by atoms with Gasteiger partial charge in [-0.2, -0.15) is 0 Å². The van der Waals surface area contributed by atoms with Gasteiger partial charge in [-0.15, -0.1) is 0 Å². The predicted molar refractivity (Wildman–Crippen MR) is 69.6 cm³/mol. The van der Waals surface area contributed by atoms with Crippen LogP contribution in [0.5, 0.6) is 0 Å². The van der Waals surface area contributed by atoms with E-state index in [9.17, 15) is 9.59 Å². The van der Waals surface area contributed by atoms with Gasteiger partial charge in [-0.05, 0) is 5.56 Å². The normalized spacial score (nSPS) is 11.9. The van der Waals surface area contributed by atoms with Gasteiger partial charge in [0.2, 0.25) is 0 Å². The van der Waals surface area contributed by atoms with Gasteiger partial charge in [0.1, 0.15) is 0 Å². The van der Waals surface area contributed by atoms with E-state index in [1.54, 1.807) is 0 Å². The van der Waals surface area contributed by atoms with E-state index >= 15 is 0 Å². The topological polar surface area (TPSA) is 43.4 Å². The Labute approximate surface area is 108 Å². The second-order valence-electron chi connectivity index (χ2n) is 3.39. The zero-order valence-corrected chi connectivity index (χ0v) is 11.1. The van der Waals surface area contributed by atoms with Crippen molar-refractivity contribution < 1.29 is 14.3 Å². The molecule has 0 spiro atoms. The van der Waals surface area contributed by atoms with Gasteiger partial charge in [0.05, 0.1) is 4.43 Å². The molecule has 0 aliphatic heterocycles. The van der Waals surface area contributed by atoms with Gasteiger partial charge in [0.15, 0.2) is 11.9 Å². The fourth-order valence-corrected chi connectivity index (χ4v) is 1.83. The number of halogens is 1. The van der Waals surface area contributed by atoms with E-state index < -0.39 is 12.1 Å². The number of rotatable bonds is 5. The molecule has 0 aliphatic carbocycles. The van der Waals surface area contributed by atoms with Crippen LogP contribution in [0, 0.1) is 0 Å². The van der Waals surface area contributed by atoms with Gasteiger partial charge in [-0.25, -0.2) is 0 Å². The minimum Gasteiger partial charge on any atom is -0.454 e. The molecule has 0 saturated carbocycles. The summed E-state index contributed by atoms with van der Waals surface area (Å²) >= 11 is 1.98. The molecule has 1 aromatic carbocycles. The third-order valence-corrected chi connectivity index (χ3v) is 2.81. The molecule has 0 fully saturated rings. The maximum Gasteiger partial charge on any atom is 0.303 e. The number of ether oxygens (including phenoxy) is 1. The number of hydrogen-bond donors (Lipinski definition) is 0. The van der Waals surface area contributed by atoms with Gasteiger partial charge in [-0.3, -0.25) is 9.59 Å². The van der Waals surface area contributed by atoms with Crippen LogP contribution < -0.4 is 0 Å². The van der Waals surface area contributed by atoms with E-state index in [1.807, 2.05) is 52.9 Å². The van der Waals surface area contributed by atoms with Crippen LogP contribution in [0.15, 0.2) is 30.3 Å². The van der Waals surface area contributed by atoms with Crippen molar-refractivity contribution >= 4 is 34.3 Å². The molecule has 1 atom stereocenters. The van der Waals surface area contributed by atoms with Gasteiger partial charge >= 0.3 is 5.97 Å². The Hall–Kier alpha value is -0.910. The molecule has 0 aromatic heterocycles. The summed E-state index contributed by atoms with van der Waals surface area (Å²) < 4.78 is 5.36. The van der Waals surface area contributed by atoms with E-state index in [0.717, 1.165) is 5.56 Å². The van der Waals surface area contributed by atoms with Gasteiger partial charge < -0.3 is 4.74 Å². The largest absolute Gasteiger partial charge is 0.454 e. The second-order valence-corrected chi connectivity index (χ2v) is 4.15. The number of alkyl halides is 1. The SMILES string of the molecule is CC(=O)OC(Cc1ccccc1)C(=O)CI. The van der Waals surface area contributed by atoms with Crippen molar-refractivity contribution in [1.82, 2.24) is 0 Å². The molecular weight excluding hydrogens is 319 g/mol. The molecule has 86 valence electrons. The highest BCUT2D eigenvalue weighted by atomic mass is 127. The van der Waals surface area contributed by atoms with E-state index in [4.69, 9.17) is 4.74 Å². The summed E-state index contributed by atoms with van der Waals surface area (Å²) in [6.45, 7) is 1.32. The Bertz CT molecular complexity index is 362. The average molecular weight is 332 g/mol. The van der Waals surface area contributed by atoms with Gasteiger partial charge in [0, 0.05) is 13.3 Å². The van der Waals surface area contributed by atoms with Crippen molar-refractivity contribution in [1.29, 1.82) is 0 Å². The Kier molecular flexibility index (Phi) is 5.45. The van der Waals surface area contributed by atoms with Crippen LogP contribution in [0.1, 0.15) is 12.5 Å². The van der Waals surface area contributed by atoms with E-state index in [1.165, 1.54) is 6.92 Å². The first kappa shape index (κ1) is 13.2. The Morgan fingerprint density at radius 3 is 2.44 bits per heavy atom.